The Morgan fingerprint density at radius 2 is 1.93 bits per heavy atom. The molecule has 1 aromatic rings. The summed E-state index contributed by atoms with van der Waals surface area (Å²) in [7, 11) is -1.63. The lowest BCUT2D eigenvalue weighted by Crippen LogP contribution is -2.52. The molecular formula is C18H27N3O4S2. The Bertz CT molecular complexity index is 771. The number of hydrogen-bond acceptors (Lipinski definition) is 5. The van der Waals surface area contributed by atoms with Crippen LogP contribution in [-0.4, -0.2) is 79.4 Å². The molecule has 0 spiro atoms. The second-order valence-corrected chi connectivity index (χ2v) is 10.4. The Kier molecular flexibility index (Phi) is 6.22. The van der Waals surface area contributed by atoms with Crippen LogP contribution < -0.4 is 0 Å². The van der Waals surface area contributed by atoms with Crippen molar-refractivity contribution >= 4 is 33.2 Å². The molecule has 2 amide bonds. The van der Waals surface area contributed by atoms with Crippen LogP contribution in [0.3, 0.4) is 0 Å². The van der Waals surface area contributed by atoms with Crippen molar-refractivity contribution in [1.29, 1.82) is 0 Å². The number of piperidine rings is 1. The van der Waals surface area contributed by atoms with Gasteiger partial charge >= 0.3 is 0 Å². The van der Waals surface area contributed by atoms with E-state index in [-0.39, 0.29) is 23.9 Å². The fourth-order valence-corrected chi connectivity index (χ4v) is 5.37. The summed E-state index contributed by atoms with van der Waals surface area (Å²) in [4.78, 5) is 30.2. The Morgan fingerprint density at radius 1 is 1.22 bits per heavy atom. The van der Waals surface area contributed by atoms with Gasteiger partial charge in [0.25, 0.3) is 0 Å². The highest BCUT2D eigenvalue weighted by Gasteiger charge is 2.38. The number of thiophene rings is 1. The number of carbonyl (C=O) groups is 2. The van der Waals surface area contributed by atoms with Crippen molar-refractivity contribution in [1.82, 2.24) is 14.1 Å². The summed E-state index contributed by atoms with van der Waals surface area (Å²) in [6.45, 7) is 1.70. The first-order valence-electron chi connectivity index (χ1n) is 9.31. The van der Waals surface area contributed by atoms with E-state index in [9.17, 15) is 18.0 Å². The fraction of sp³-hybridized carbons (Fsp3) is 0.667. The molecule has 1 atom stereocenters. The van der Waals surface area contributed by atoms with Crippen LogP contribution in [0.1, 0.15) is 30.6 Å². The van der Waals surface area contributed by atoms with Crippen LogP contribution in [-0.2, 0) is 26.0 Å². The molecule has 3 rings (SSSR count). The van der Waals surface area contributed by atoms with Crippen molar-refractivity contribution in [3.8, 4) is 0 Å². The average molecular weight is 414 g/mol. The summed E-state index contributed by atoms with van der Waals surface area (Å²) in [6.07, 6.45) is 4.37. The van der Waals surface area contributed by atoms with Crippen molar-refractivity contribution in [2.75, 3.05) is 32.9 Å². The van der Waals surface area contributed by atoms with Crippen molar-refractivity contribution in [3.63, 3.8) is 0 Å². The van der Waals surface area contributed by atoms with E-state index >= 15 is 0 Å². The zero-order valence-corrected chi connectivity index (χ0v) is 17.5. The summed E-state index contributed by atoms with van der Waals surface area (Å²) in [5.74, 6) is 0.0208. The zero-order chi connectivity index (χ0) is 19.6. The SMILES string of the molecule is CN(C1CCN(C(=O)C2CCCN2C(=O)Cc2cccs2)CC1)S(C)(=O)=O. The first-order valence-corrected chi connectivity index (χ1v) is 12.0. The molecule has 3 heterocycles. The van der Waals surface area contributed by atoms with Crippen LogP contribution >= 0.6 is 11.3 Å². The van der Waals surface area contributed by atoms with Crippen LogP contribution in [0, 0.1) is 0 Å². The van der Waals surface area contributed by atoms with E-state index in [0.29, 0.717) is 45.3 Å². The minimum Gasteiger partial charge on any atom is -0.341 e. The van der Waals surface area contributed by atoms with Crippen LogP contribution in [0.5, 0.6) is 0 Å². The van der Waals surface area contributed by atoms with E-state index in [4.69, 9.17) is 0 Å². The maximum Gasteiger partial charge on any atom is 0.245 e. The molecule has 0 saturated carbocycles. The summed E-state index contributed by atoms with van der Waals surface area (Å²) in [5.41, 5.74) is 0. The third-order valence-electron chi connectivity index (χ3n) is 5.58. The minimum absolute atomic E-state index is 0.00693. The van der Waals surface area contributed by atoms with Gasteiger partial charge in [-0.15, -0.1) is 11.3 Å². The lowest BCUT2D eigenvalue weighted by molar-refractivity contribution is -0.144. The molecule has 0 radical (unpaired) electrons. The third kappa shape index (κ3) is 4.70. The Morgan fingerprint density at radius 3 is 2.52 bits per heavy atom. The summed E-state index contributed by atoms with van der Waals surface area (Å²) in [5, 5.41) is 1.95. The van der Waals surface area contributed by atoms with Crippen molar-refractivity contribution in [3.05, 3.63) is 22.4 Å². The van der Waals surface area contributed by atoms with Gasteiger partial charge in [0, 0.05) is 37.6 Å². The highest BCUT2D eigenvalue weighted by atomic mass is 32.2. The highest BCUT2D eigenvalue weighted by Crippen LogP contribution is 2.24. The zero-order valence-electron chi connectivity index (χ0n) is 15.8. The Hall–Kier alpha value is -1.45. The standard InChI is InChI=1S/C18H27N3O4S2/c1-19(27(2,24)25)14-7-10-20(11-8-14)18(23)16-6-3-9-21(16)17(22)13-15-5-4-12-26-15/h4-5,12,14,16H,3,6-11,13H2,1-2H3. The van der Waals surface area contributed by atoms with E-state index in [1.165, 1.54) is 10.6 Å². The van der Waals surface area contributed by atoms with Crippen LogP contribution in [0.4, 0.5) is 0 Å². The van der Waals surface area contributed by atoms with Gasteiger partial charge in [-0.25, -0.2) is 12.7 Å². The molecule has 1 unspecified atom stereocenters. The molecule has 2 saturated heterocycles. The number of carbonyl (C=O) groups excluding carboxylic acids is 2. The van der Waals surface area contributed by atoms with E-state index < -0.39 is 10.0 Å². The Labute approximate surface area is 165 Å². The maximum absolute atomic E-state index is 13.0. The third-order valence-corrected chi connectivity index (χ3v) is 7.80. The summed E-state index contributed by atoms with van der Waals surface area (Å²) in [6, 6.07) is 3.43. The number of sulfonamides is 1. The molecule has 7 nitrogen and oxygen atoms in total. The number of likely N-dealkylation sites (tertiary alicyclic amines) is 2. The van der Waals surface area contributed by atoms with Crippen molar-refractivity contribution in [2.24, 2.45) is 0 Å². The van der Waals surface area contributed by atoms with E-state index in [1.54, 1.807) is 28.2 Å². The highest BCUT2D eigenvalue weighted by molar-refractivity contribution is 7.88. The second-order valence-electron chi connectivity index (χ2n) is 7.34. The van der Waals surface area contributed by atoms with Crippen LogP contribution in [0.2, 0.25) is 0 Å². The van der Waals surface area contributed by atoms with Gasteiger partial charge in [0.1, 0.15) is 6.04 Å². The topological polar surface area (TPSA) is 78.0 Å². The quantitative estimate of drug-likeness (QED) is 0.726. The number of rotatable bonds is 5. The van der Waals surface area contributed by atoms with Gasteiger partial charge < -0.3 is 9.80 Å². The van der Waals surface area contributed by atoms with E-state index in [0.717, 1.165) is 11.3 Å². The normalized spacial score (nSPS) is 21.8. The lowest BCUT2D eigenvalue weighted by Gasteiger charge is -2.37. The first kappa shape index (κ1) is 20.3. The van der Waals surface area contributed by atoms with Crippen LogP contribution in [0.15, 0.2) is 17.5 Å². The molecule has 0 N–H and O–H groups in total. The first-order chi connectivity index (χ1) is 12.8. The molecular weight excluding hydrogens is 386 g/mol. The van der Waals surface area contributed by atoms with Gasteiger partial charge in [0.15, 0.2) is 0 Å². The molecule has 2 aliphatic rings. The molecule has 27 heavy (non-hydrogen) atoms. The summed E-state index contributed by atoms with van der Waals surface area (Å²) >= 11 is 1.56. The smallest absolute Gasteiger partial charge is 0.245 e. The molecule has 0 aromatic carbocycles. The minimum atomic E-state index is -3.22. The van der Waals surface area contributed by atoms with Gasteiger partial charge in [-0.2, -0.15) is 0 Å². The maximum atomic E-state index is 13.0. The fourth-order valence-electron chi connectivity index (χ4n) is 3.92. The predicted octanol–water partition coefficient (Wildman–Crippen LogP) is 1.16. The molecule has 1 aromatic heterocycles. The monoisotopic (exact) mass is 413 g/mol. The summed E-state index contributed by atoms with van der Waals surface area (Å²) < 4.78 is 24.8. The number of nitrogens with zero attached hydrogens (tertiary/aromatic N) is 3. The van der Waals surface area contributed by atoms with E-state index in [1.807, 2.05) is 17.5 Å². The van der Waals surface area contributed by atoms with Crippen molar-refractivity contribution < 1.29 is 18.0 Å². The van der Waals surface area contributed by atoms with Gasteiger partial charge in [0.05, 0.1) is 12.7 Å². The molecule has 150 valence electrons. The predicted molar refractivity (Wildman–Crippen MR) is 105 cm³/mol. The number of amides is 2. The molecule has 2 aliphatic heterocycles. The lowest BCUT2D eigenvalue weighted by atomic mass is 10.0. The largest absolute Gasteiger partial charge is 0.341 e. The molecule has 0 aliphatic carbocycles. The van der Waals surface area contributed by atoms with Gasteiger partial charge in [0.2, 0.25) is 21.8 Å². The van der Waals surface area contributed by atoms with E-state index in [2.05, 4.69) is 0 Å². The van der Waals surface area contributed by atoms with Crippen molar-refractivity contribution in [2.45, 2.75) is 44.2 Å². The van der Waals surface area contributed by atoms with Gasteiger partial charge in [-0.05, 0) is 37.1 Å². The number of hydrogen-bond donors (Lipinski definition) is 0. The molecule has 2 fully saturated rings. The van der Waals surface area contributed by atoms with Crippen LogP contribution in [0.25, 0.3) is 0 Å². The molecule has 0 bridgehead atoms. The average Bonchev–Trinajstić information content (AvgIpc) is 3.31. The molecule has 9 heteroatoms. The van der Waals surface area contributed by atoms with Gasteiger partial charge in [-0.3, -0.25) is 9.59 Å². The Balaban J connectivity index is 1.58. The second kappa shape index (κ2) is 8.28. The van der Waals surface area contributed by atoms with Gasteiger partial charge in [-0.1, -0.05) is 6.07 Å².